The molecule has 30 heavy (non-hydrogen) atoms. The van der Waals surface area contributed by atoms with Crippen LogP contribution in [0.2, 0.25) is 0 Å². The number of ether oxygens (including phenoxy) is 2. The van der Waals surface area contributed by atoms with Crippen LogP contribution in [0, 0.1) is 6.92 Å². The minimum atomic E-state index is -0.192. The number of methoxy groups -OCH3 is 1. The molecule has 1 fully saturated rings. The first kappa shape index (κ1) is 20.2. The number of pyridine rings is 1. The van der Waals surface area contributed by atoms with E-state index < -0.39 is 0 Å². The number of nitrogens with zero attached hydrogens (tertiary/aromatic N) is 1. The van der Waals surface area contributed by atoms with Crippen LogP contribution in [0.5, 0.6) is 5.75 Å². The number of H-pyrrole nitrogens is 1. The van der Waals surface area contributed by atoms with Crippen LogP contribution in [0.25, 0.3) is 10.9 Å². The molecule has 0 radical (unpaired) electrons. The summed E-state index contributed by atoms with van der Waals surface area (Å²) in [6, 6.07) is 14.9. The summed E-state index contributed by atoms with van der Waals surface area (Å²) in [6.07, 6.45) is 1.91. The number of fused-ring (bicyclic) bond motifs is 1. The molecule has 6 nitrogen and oxygen atoms in total. The molecule has 2 aromatic carbocycles. The van der Waals surface area contributed by atoms with Crippen molar-refractivity contribution in [2.75, 3.05) is 20.3 Å². The lowest BCUT2D eigenvalue weighted by Gasteiger charge is -2.26. The topological polar surface area (TPSA) is 71.6 Å². The molecular formula is C24H26N2O4. The Bertz CT molecular complexity index is 1120. The number of aromatic amines is 1. The number of nitrogens with one attached hydrogen (secondary N) is 1. The molecule has 1 saturated heterocycles. The molecule has 1 N–H and O–H groups in total. The Morgan fingerprint density at radius 1 is 1.23 bits per heavy atom. The van der Waals surface area contributed by atoms with Gasteiger partial charge < -0.3 is 19.4 Å². The van der Waals surface area contributed by atoms with E-state index in [-0.39, 0.29) is 24.1 Å². The van der Waals surface area contributed by atoms with Crippen LogP contribution in [0.4, 0.5) is 0 Å². The van der Waals surface area contributed by atoms with Crippen LogP contribution in [-0.2, 0) is 11.3 Å². The zero-order valence-corrected chi connectivity index (χ0v) is 17.3. The van der Waals surface area contributed by atoms with Crippen molar-refractivity contribution in [3.63, 3.8) is 0 Å². The third kappa shape index (κ3) is 4.24. The van der Waals surface area contributed by atoms with Crippen LogP contribution in [-0.4, -0.2) is 42.2 Å². The van der Waals surface area contributed by atoms with Gasteiger partial charge in [-0.25, -0.2) is 0 Å². The van der Waals surface area contributed by atoms with Crippen molar-refractivity contribution in [2.45, 2.75) is 32.4 Å². The Morgan fingerprint density at radius 2 is 2.07 bits per heavy atom. The molecule has 0 saturated carbocycles. The average Bonchev–Trinajstić information content (AvgIpc) is 3.26. The first-order valence-corrected chi connectivity index (χ1v) is 10.2. The van der Waals surface area contributed by atoms with E-state index >= 15 is 0 Å². The number of aromatic nitrogens is 1. The lowest BCUT2D eigenvalue weighted by Crippen LogP contribution is -2.38. The van der Waals surface area contributed by atoms with Gasteiger partial charge in [-0.05, 0) is 55.7 Å². The number of rotatable bonds is 6. The molecule has 6 heteroatoms. The van der Waals surface area contributed by atoms with E-state index in [1.54, 1.807) is 12.0 Å². The highest BCUT2D eigenvalue weighted by molar-refractivity contribution is 5.95. The molecule has 1 amide bonds. The van der Waals surface area contributed by atoms with Gasteiger partial charge in [-0.1, -0.05) is 18.2 Å². The van der Waals surface area contributed by atoms with Crippen LogP contribution in [0.1, 0.15) is 34.3 Å². The molecule has 1 aromatic heterocycles. The predicted octanol–water partition coefficient (Wildman–Crippen LogP) is 3.67. The first-order chi connectivity index (χ1) is 14.5. The van der Waals surface area contributed by atoms with Crippen LogP contribution in [0.15, 0.2) is 53.3 Å². The van der Waals surface area contributed by atoms with Gasteiger partial charge >= 0.3 is 0 Å². The molecule has 3 aromatic rings. The maximum absolute atomic E-state index is 13.4. The fourth-order valence-corrected chi connectivity index (χ4v) is 3.92. The van der Waals surface area contributed by atoms with Crippen molar-refractivity contribution in [3.05, 3.63) is 75.6 Å². The molecule has 0 aliphatic carbocycles. The smallest absolute Gasteiger partial charge is 0.254 e. The zero-order chi connectivity index (χ0) is 21.1. The van der Waals surface area contributed by atoms with E-state index in [0.29, 0.717) is 30.0 Å². The number of aryl methyl sites for hydroxylation is 1. The zero-order valence-electron chi connectivity index (χ0n) is 17.3. The van der Waals surface area contributed by atoms with Crippen molar-refractivity contribution < 1.29 is 14.3 Å². The molecule has 1 aliphatic heterocycles. The van der Waals surface area contributed by atoms with E-state index in [4.69, 9.17) is 9.47 Å². The third-order valence-electron chi connectivity index (χ3n) is 5.60. The van der Waals surface area contributed by atoms with E-state index in [1.807, 2.05) is 55.5 Å². The number of hydrogen-bond donors (Lipinski definition) is 1. The summed E-state index contributed by atoms with van der Waals surface area (Å²) in [5, 5.41) is 0.865. The highest BCUT2D eigenvalue weighted by Gasteiger charge is 2.25. The van der Waals surface area contributed by atoms with Gasteiger partial charge in [0.25, 0.3) is 11.5 Å². The first-order valence-electron chi connectivity index (χ1n) is 10.2. The Morgan fingerprint density at radius 3 is 2.80 bits per heavy atom. The largest absolute Gasteiger partial charge is 0.497 e. The molecule has 2 heterocycles. The van der Waals surface area contributed by atoms with Gasteiger partial charge in [-0.3, -0.25) is 9.59 Å². The fraction of sp³-hybridized carbons (Fsp3) is 0.333. The van der Waals surface area contributed by atoms with E-state index in [2.05, 4.69) is 4.98 Å². The quantitative estimate of drug-likeness (QED) is 0.678. The summed E-state index contributed by atoms with van der Waals surface area (Å²) in [5.74, 6) is 0.626. The van der Waals surface area contributed by atoms with E-state index in [1.165, 1.54) is 0 Å². The predicted molar refractivity (Wildman–Crippen MR) is 116 cm³/mol. The monoisotopic (exact) mass is 406 g/mol. The minimum absolute atomic E-state index is 0.00222. The summed E-state index contributed by atoms with van der Waals surface area (Å²) < 4.78 is 11.1. The average molecular weight is 406 g/mol. The van der Waals surface area contributed by atoms with Crippen molar-refractivity contribution >= 4 is 16.8 Å². The van der Waals surface area contributed by atoms with Gasteiger partial charge in [0.15, 0.2) is 0 Å². The Balaban J connectivity index is 1.68. The second-order valence-electron chi connectivity index (χ2n) is 7.71. The van der Waals surface area contributed by atoms with Gasteiger partial charge in [0.2, 0.25) is 0 Å². The summed E-state index contributed by atoms with van der Waals surface area (Å²) in [7, 11) is 1.61. The molecule has 0 bridgehead atoms. The van der Waals surface area contributed by atoms with Crippen LogP contribution >= 0.6 is 0 Å². The number of benzene rings is 2. The number of carbonyl (C=O) groups excluding carboxylic acids is 1. The maximum Gasteiger partial charge on any atom is 0.254 e. The van der Waals surface area contributed by atoms with E-state index in [0.717, 1.165) is 29.3 Å². The highest BCUT2D eigenvalue weighted by atomic mass is 16.5. The molecule has 1 atom stereocenters. The Labute approximate surface area is 175 Å². The lowest BCUT2D eigenvalue weighted by molar-refractivity contribution is 0.0506. The Kier molecular flexibility index (Phi) is 5.86. The van der Waals surface area contributed by atoms with Crippen molar-refractivity contribution in [2.24, 2.45) is 0 Å². The number of hydrogen-bond acceptors (Lipinski definition) is 4. The van der Waals surface area contributed by atoms with Gasteiger partial charge in [0.05, 0.1) is 19.8 Å². The molecular weight excluding hydrogens is 380 g/mol. The van der Waals surface area contributed by atoms with Gasteiger partial charge in [0, 0.05) is 35.2 Å². The normalized spacial score (nSPS) is 16.0. The van der Waals surface area contributed by atoms with Crippen molar-refractivity contribution in [1.29, 1.82) is 0 Å². The molecule has 4 rings (SSSR count). The minimum Gasteiger partial charge on any atom is -0.497 e. The second kappa shape index (κ2) is 8.71. The van der Waals surface area contributed by atoms with Crippen molar-refractivity contribution in [1.82, 2.24) is 9.88 Å². The molecule has 0 spiro atoms. The Hall–Kier alpha value is -3.12. The third-order valence-corrected chi connectivity index (χ3v) is 5.60. The summed E-state index contributed by atoms with van der Waals surface area (Å²) in [6.45, 7) is 3.32. The summed E-state index contributed by atoms with van der Waals surface area (Å²) >= 11 is 0. The van der Waals surface area contributed by atoms with Gasteiger partial charge in [-0.2, -0.15) is 0 Å². The van der Waals surface area contributed by atoms with Crippen LogP contribution < -0.4 is 10.3 Å². The summed E-state index contributed by atoms with van der Waals surface area (Å²) in [4.78, 5) is 30.8. The highest BCUT2D eigenvalue weighted by Crippen LogP contribution is 2.21. The summed E-state index contributed by atoms with van der Waals surface area (Å²) in [5.41, 5.74) is 2.64. The van der Waals surface area contributed by atoms with E-state index in [9.17, 15) is 9.59 Å². The van der Waals surface area contributed by atoms with Crippen LogP contribution in [0.3, 0.4) is 0 Å². The fourth-order valence-electron chi connectivity index (χ4n) is 3.92. The number of amides is 1. The van der Waals surface area contributed by atoms with Gasteiger partial charge in [0.1, 0.15) is 5.75 Å². The molecule has 156 valence electrons. The second-order valence-corrected chi connectivity index (χ2v) is 7.71. The molecule has 0 unspecified atom stereocenters. The molecule has 1 aliphatic rings. The number of carbonyl (C=O) groups is 1. The standard InChI is InChI=1S/C24H26N2O4/c1-16-6-3-4-8-21(16)24(28)26(15-20-7-5-11-30-20)14-18-12-17-13-19(29-2)9-10-22(17)25-23(18)27/h3-4,6,8-10,12-13,20H,5,7,11,14-15H2,1-2H3,(H,25,27)/t20-/m1/s1. The lowest BCUT2D eigenvalue weighted by atomic mass is 10.1. The SMILES string of the molecule is COc1ccc2[nH]c(=O)c(CN(C[C@H]3CCCO3)C(=O)c3ccccc3C)cc2c1. The maximum atomic E-state index is 13.4. The van der Waals surface area contributed by atoms with Crippen molar-refractivity contribution in [3.8, 4) is 5.75 Å². The van der Waals surface area contributed by atoms with Gasteiger partial charge in [-0.15, -0.1) is 0 Å².